The smallest absolute Gasteiger partial charge is 0.251 e. The van der Waals surface area contributed by atoms with Gasteiger partial charge in [0.25, 0.3) is 5.56 Å². The Kier molecular flexibility index (Phi) is 5.29. The van der Waals surface area contributed by atoms with Crippen LogP contribution in [0.4, 0.5) is 0 Å². The van der Waals surface area contributed by atoms with Gasteiger partial charge in [-0.2, -0.15) is 11.8 Å². The van der Waals surface area contributed by atoms with E-state index in [2.05, 4.69) is 16.9 Å². The van der Waals surface area contributed by atoms with Crippen LogP contribution >= 0.6 is 11.8 Å². The minimum absolute atomic E-state index is 0.00676. The summed E-state index contributed by atoms with van der Waals surface area (Å²) < 4.78 is 0. The van der Waals surface area contributed by atoms with Crippen molar-refractivity contribution in [3.8, 4) is 0 Å². The van der Waals surface area contributed by atoms with E-state index < -0.39 is 0 Å². The predicted molar refractivity (Wildman–Crippen MR) is 77.0 cm³/mol. The minimum atomic E-state index is -0.00676. The van der Waals surface area contributed by atoms with E-state index in [0.717, 1.165) is 35.4 Å². The fourth-order valence-electron chi connectivity index (χ4n) is 2.44. The molecule has 1 aliphatic rings. The molecule has 0 amide bonds. The summed E-state index contributed by atoms with van der Waals surface area (Å²) in [6.07, 6.45) is 8.68. The van der Waals surface area contributed by atoms with Crippen LogP contribution in [0, 0.1) is 0 Å². The van der Waals surface area contributed by atoms with Gasteiger partial charge in [0.05, 0.1) is 5.75 Å². The summed E-state index contributed by atoms with van der Waals surface area (Å²) >= 11 is 1.95. The highest BCUT2D eigenvalue weighted by Gasteiger charge is 2.14. The largest absolute Gasteiger partial charge is 0.310 e. The first-order valence-electron chi connectivity index (χ1n) is 6.98. The lowest BCUT2D eigenvalue weighted by atomic mass is 10.0. The molecule has 1 N–H and O–H groups in total. The van der Waals surface area contributed by atoms with Crippen LogP contribution in [0.1, 0.15) is 57.0 Å². The van der Waals surface area contributed by atoms with Crippen LogP contribution in [0.3, 0.4) is 0 Å². The number of H-pyrrole nitrogens is 1. The van der Waals surface area contributed by atoms with E-state index in [0.29, 0.717) is 0 Å². The first-order valence-corrected chi connectivity index (χ1v) is 8.03. The number of hydrogen-bond acceptors (Lipinski definition) is 3. The number of aromatic nitrogens is 2. The first-order chi connectivity index (χ1) is 8.78. The Bertz CT molecular complexity index is 424. The van der Waals surface area contributed by atoms with Gasteiger partial charge in [-0.25, -0.2) is 4.98 Å². The zero-order valence-corrected chi connectivity index (χ0v) is 11.9. The second kappa shape index (κ2) is 6.98. The van der Waals surface area contributed by atoms with Crippen LogP contribution in [-0.4, -0.2) is 15.2 Å². The van der Waals surface area contributed by atoms with E-state index in [1.54, 1.807) is 6.07 Å². The van der Waals surface area contributed by atoms with Gasteiger partial charge in [-0.05, 0) is 19.3 Å². The molecule has 100 valence electrons. The molecule has 1 aliphatic carbocycles. The molecule has 0 radical (unpaired) electrons. The predicted octanol–water partition coefficient (Wildman–Crippen LogP) is 3.29. The van der Waals surface area contributed by atoms with Gasteiger partial charge in [-0.1, -0.05) is 32.6 Å². The summed E-state index contributed by atoms with van der Waals surface area (Å²) in [5.41, 5.74) is 0.924. The van der Waals surface area contributed by atoms with E-state index in [4.69, 9.17) is 0 Å². The Morgan fingerprint density at radius 1 is 1.39 bits per heavy atom. The van der Waals surface area contributed by atoms with E-state index in [1.165, 1.54) is 32.1 Å². The number of aromatic amines is 1. The van der Waals surface area contributed by atoms with Crippen molar-refractivity contribution in [2.45, 2.75) is 62.9 Å². The van der Waals surface area contributed by atoms with Crippen molar-refractivity contribution >= 4 is 11.8 Å². The Morgan fingerprint density at radius 3 is 2.89 bits per heavy atom. The van der Waals surface area contributed by atoms with Crippen LogP contribution in [0.2, 0.25) is 0 Å². The summed E-state index contributed by atoms with van der Waals surface area (Å²) in [4.78, 5) is 18.9. The second-order valence-corrected chi connectivity index (χ2v) is 6.29. The van der Waals surface area contributed by atoms with Gasteiger partial charge in [0.1, 0.15) is 5.82 Å². The van der Waals surface area contributed by atoms with E-state index in [9.17, 15) is 4.79 Å². The van der Waals surface area contributed by atoms with E-state index in [-0.39, 0.29) is 5.56 Å². The summed E-state index contributed by atoms with van der Waals surface area (Å²) in [6, 6.07) is 1.62. The van der Waals surface area contributed by atoms with Crippen molar-refractivity contribution < 1.29 is 0 Å². The molecular formula is C14H22N2OS. The molecule has 1 saturated carbocycles. The molecular weight excluding hydrogens is 244 g/mol. The van der Waals surface area contributed by atoms with Crippen molar-refractivity contribution in [2.24, 2.45) is 0 Å². The summed E-state index contributed by atoms with van der Waals surface area (Å²) in [6.45, 7) is 2.11. The molecule has 0 atom stereocenters. The van der Waals surface area contributed by atoms with Gasteiger partial charge in [-0.3, -0.25) is 4.79 Å². The Balaban J connectivity index is 1.93. The van der Waals surface area contributed by atoms with Crippen LogP contribution < -0.4 is 5.56 Å². The molecule has 0 saturated heterocycles. The molecule has 0 aromatic carbocycles. The third-order valence-corrected chi connectivity index (χ3v) is 4.74. The SMILES string of the molecule is CCCc1cc(=O)[nH]c(CSC2CCCCC2)n1. The zero-order valence-electron chi connectivity index (χ0n) is 11.1. The molecule has 4 heteroatoms. The molecule has 18 heavy (non-hydrogen) atoms. The fourth-order valence-corrected chi connectivity index (χ4v) is 3.64. The maximum Gasteiger partial charge on any atom is 0.251 e. The maximum atomic E-state index is 11.5. The molecule has 0 aliphatic heterocycles. The number of hydrogen-bond donors (Lipinski definition) is 1. The summed E-state index contributed by atoms with van der Waals surface area (Å²) in [7, 11) is 0. The Labute approximate surface area is 113 Å². The molecule has 1 heterocycles. The van der Waals surface area contributed by atoms with Crippen molar-refractivity contribution in [3.05, 3.63) is 27.9 Å². The average Bonchev–Trinajstić information content (AvgIpc) is 2.37. The molecule has 0 bridgehead atoms. The maximum absolute atomic E-state index is 11.5. The van der Waals surface area contributed by atoms with Gasteiger partial charge in [0.2, 0.25) is 0 Å². The van der Waals surface area contributed by atoms with Crippen molar-refractivity contribution in [1.29, 1.82) is 0 Å². The standard InChI is InChI=1S/C14H22N2OS/c1-2-6-11-9-14(17)16-13(15-11)10-18-12-7-4-3-5-8-12/h9,12H,2-8,10H2,1H3,(H,15,16,17). The second-order valence-electron chi connectivity index (χ2n) is 5.00. The number of rotatable bonds is 5. The normalized spacial score (nSPS) is 16.9. The van der Waals surface area contributed by atoms with Gasteiger partial charge in [-0.15, -0.1) is 0 Å². The number of thioether (sulfide) groups is 1. The highest BCUT2D eigenvalue weighted by atomic mass is 32.2. The fraction of sp³-hybridized carbons (Fsp3) is 0.714. The lowest BCUT2D eigenvalue weighted by Gasteiger charge is -2.20. The molecule has 1 aromatic heterocycles. The quantitative estimate of drug-likeness (QED) is 0.889. The van der Waals surface area contributed by atoms with Gasteiger partial charge in [0.15, 0.2) is 0 Å². The minimum Gasteiger partial charge on any atom is -0.310 e. The van der Waals surface area contributed by atoms with Gasteiger partial charge >= 0.3 is 0 Å². The summed E-state index contributed by atoms with van der Waals surface area (Å²) in [5, 5.41) is 0.763. The lowest BCUT2D eigenvalue weighted by molar-refractivity contribution is 0.516. The van der Waals surface area contributed by atoms with E-state index >= 15 is 0 Å². The highest BCUT2D eigenvalue weighted by molar-refractivity contribution is 7.99. The lowest BCUT2D eigenvalue weighted by Crippen LogP contribution is -2.14. The Morgan fingerprint density at radius 2 is 2.17 bits per heavy atom. The monoisotopic (exact) mass is 266 g/mol. The summed E-state index contributed by atoms with van der Waals surface area (Å²) in [5.74, 6) is 1.69. The van der Waals surface area contributed by atoms with Gasteiger partial charge < -0.3 is 4.98 Å². The molecule has 0 spiro atoms. The molecule has 0 unspecified atom stereocenters. The van der Waals surface area contributed by atoms with Crippen molar-refractivity contribution in [3.63, 3.8) is 0 Å². The van der Waals surface area contributed by atoms with Gasteiger partial charge in [0, 0.05) is 17.0 Å². The zero-order chi connectivity index (χ0) is 12.8. The molecule has 2 rings (SSSR count). The Hall–Kier alpha value is -0.770. The van der Waals surface area contributed by atoms with Crippen LogP contribution in [-0.2, 0) is 12.2 Å². The molecule has 1 fully saturated rings. The highest BCUT2D eigenvalue weighted by Crippen LogP contribution is 2.29. The van der Waals surface area contributed by atoms with Crippen LogP contribution in [0.15, 0.2) is 10.9 Å². The van der Waals surface area contributed by atoms with Crippen LogP contribution in [0.25, 0.3) is 0 Å². The topological polar surface area (TPSA) is 45.8 Å². The molecule has 3 nitrogen and oxygen atoms in total. The van der Waals surface area contributed by atoms with E-state index in [1.807, 2.05) is 11.8 Å². The van der Waals surface area contributed by atoms with Crippen LogP contribution in [0.5, 0.6) is 0 Å². The number of aryl methyl sites for hydroxylation is 1. The van der Waals surface area contributed by atoms with Crippen molar-refractivity contribution in [1.82, 2.24) is 9.97 Å². The third kappa shape index (κ3) is 4.16. The third-order valence-electron chi connectivity index (χ3n) is 3.36. The van der Waals surface area contributed by atoms with Crippen molar-refractivity contribution in [2.75, 3.05) is 0 Å². The number of nitrogens with zero attached hydrogens (tertiary/aromatic N) is 1. The average molecular weight is 266 g/mol. The molecule has 1 aromatic rings. The number of nitrogens with one attached hydrogen (secondary N) is 1. The first kappa shape index (κ1) is 13.7.